The first-order valence-electron chi connectivity index (χ1n) is 5.00. The highest BCUT2D eigenvalue weighted by atomic mass is 35.5. The lowest BCUT2D eigenvalue weighted by molar-refractivity contribution is -0.139. The second-order valence-electron chi connectivity index (χ2n) is 3.28. The molecule has 6 heteroatoms. The number of nitrogens with one attached hydrogen (secondary N) is 1. The van der Waals surface area contributed by atoms with Crippen LogP contribution in [-0.4, -0.2) is 25.4 Å². The number of benzene rings is 1. The Balaban J connectivity index is 2.57. The number of carbonyl (C=O) groups is 2. The topological polar surface area (TPSA) is 55.4 Å². The van der Waals surface area contributed by atoms with E-state index in [2.05, 4.69) is 10.1 Å². The molecule has 1 rings (SSSR count). The zero-order valence-electron chi connectivity index (χ0n) is 9.57. The predicted octanol–water partition coefficient (Wildman–Crippen LogP) is 2.45. The Labute approximate surface area is 115 Å². The molecule has 0 aromatic heterocycles. The number of esters is 1. The summed E-state index contributed by atoms with van der Waals surface area (Å²) in [7, 11) is 1.29. The summed E-state index contributed by atoms with van der Waals surface area (Å²) in [6, 6.07) is 4.60. The predicted molar refractivity (Wildman–Crippen MR) is 70.0 cm³/mol. The van der Waals surface area contributed by atoms with Crippen molar-refractivity contribution < 1.29 is 14.3 Å². The van der Waals surface area contributed by atoms with Gasteiger partial charge in [-0.15, -0.1) is 0 Å². The largest absolute Gasteiger partial charge is 0.468 e. The van der Waals surface area contributed by atoms with Gasteiger partial charge in [0.2, 0.25) is 0 Å². The van der Waals surface area contributed by atoms with Crippen LogP contribution in [0, 0.1) is 0 Å². The number of rotatable bonds is 5. The first-order valence-corrected chi connectivity index (χ1v) is 5.76. The highest BCUT2D eigenvalue weighted by molar-refractivity contribution is 6.42. The van der Waals surface area contributed by atoms with E-state index in [4.69, 9.17) is 23.2 Å². The van der Waals surface area contributed by atoms with E-state index in [1.807, 2.05) is 0 Å². The first kappa shape index (κ1) is 14.5. The smallest absolute Gasteiger partial charge is 0.325 e. The number of methoxy groups -OCH3 is 1. The maximum absolute atomic E-state index is 11.7. The van der Waals surface area contributed by atoms with E-state index in [9.17, 15) is 9.59 Å². The van der Waals surface area contributed by atoms with Gasteiger partial charge in [0, 0.05) is 17.8 Å². The molecular formula is C12H11Cl2NO3. The Morgan fingerprint density at radius 2 is 2.06 bits per heavy atom. The van der Waals surface area contributed by atoms with Gasteiger partial charge in [-0.25, -0.2) is 0 Å². The summed E-state index contributed by atoms with van der Waals surface area (Å²) < 4.78 is 4.42. The number of hydrogen-bond donors (Lipinski definition) is 1. The van der Waals surface area contributed by atoms with Crippen molar-refractivity contribution in [3.63, 3.8) is 0 Å². The Bertz CT molecular complexity index is 486. The molecule has 0 aliphatic rings. The molecule has 0 radical (unpaired) electrons. The Kier molecular flexibility index (Phi) is 5.68. The van der Waals surface area contributed by atoms with Crippen LogP contribution in [0.1, 0.15) is 10.4 Å². The number of allylic oxidation sites excluding steroid dienone is 1. The second kappa shape index (κ2) is 7.03. The molecule has 0 aliphatic carbocycles. The molecule has 0 amide bonds. The molecule has 0 saturated carbocycles. The Hall–Kier alpha value is -1.52. The molecule has 0 spiro atoms. The summed E-state index contributed by atoms with van der Waals surface area (Å²) in [5.74, 6) is -0.660. The van der Waals surface area contributed by atoms with Crippen LogP contribution in [0.25, 0.3) is 0 Å². The molecule has 1 aromatic rings. The third-order valence-electron chi connectivity index (χ3n) is 2.03. The Morgan fingerprint density at radius 1 is 1.33 bits per heavy atom. The molecule has 1 aromatic carbocycles. The van der Waals surface area contributed by atoms with E-state index < -0.39 is 5.97 Å². The number of ketones is 1. The van der Waals surface area contributed by atoms with Crippen molar-refractivity contribution in [2.75, 3.05) is 13.7 Å². The van der Waals surface area contributed by atoms with Crippen LogP contribution in [0.15, 0.2) is 30.5 Å². The monoisotopic (exact) mass is 287 g/mol. The van der Waals surface area contributed by atoms with Crippen molar-refractivity contribution in [3.05, 3.63) is 46.1 Å². The number of ether oxygens (including phenoxy) is 1. The minimum atomic E-state index is -0.415. The number of hydrogen-bond acceptors (Lipinski definition) is 4. The van der Waals surface area contributed by atoms with Gasteiger partial charge in [0.1, 0.15) is 6.54 Å². The lowest BCUT2D eigenvalue weighted by Crippen LogP contribution is -2.19. The van der Waals surface area contributed by atoms with Crippen molar-refractivity contribution in [2.24, 2.45) is 0 Å². The summed E-state index contributed by atoms with van der Waals surface area (Å²) in [5, 5.41) is 3.34. The fraction of sp³-hybridized carbons (Fsp3) is 0.167. The molecular weight excluding hydrogens is 277 g/mol. The van der Waals surface area contributed by atoms with Crippen molar-refractivity contribution in [2.45, 2.75) is 0 Å². The van der Waals surface area contributed by atoms with Gasteiger partial charge in [-0.2, -0.15) is 0 Å². The lowest BCUT2D eigenvalue weighted by atomic mass is 10.1. The standard InChI is InChI=1S/C12H11Cl2NO3/c1-18-12(17)7-15-5-4-11(16)8-2-3-9(13)10(14)6-8/h2-6,15H,7H2,1H3/b5-4-. The summed E-state index contributed by atoms with van der Waals surface area (Å²) in [6.45, 7) is 0.00164. The highest BCUT2D eigenvalue weighted by Crippen LogP contribution is 2.22. The normalized spacial score (nSPS) is 10.4. The maximum atomic E-state index is 11.7. The van der Waals surface area contributed by atoms with Crippen molar-refractivity contribution in [3.8, 4) is 0 Å². The number of halogens is 2. The van der Waals surface area contributed by atoms with Gasteiger partial charge in [-0.3, -0.25) is 9.59 Å². The fourth-order valence-corrected chi connectivity index (χ4v) is 1.39. The zero-order valence-corrected chi connectivity index (χ0v) is 11.1. The number of carbonyl (C=O) groups excluding carboxylic acids is 2. The van der Waals surface area contributed by atoms with Crippen molar-refractivity contribution in [1.29, 1.82) is 0 Å². The summed E-state index contributed by atoms with van der Waals surface area (Å²) in [4.78, 5) is 22.5. The molecule has 0 aliphatic heterocycles. The average Bonchev–Trinajstić information content (AvgIpc) is 2.37. The van der Waals surface area contributed by atoms with Gasteiger partial charge in [0.25, 0.3) is 0 Å². The van der Waals surface area contributed by atoms with Gasteiger partial charge in [0.05, 0.1) is 17.2 Å². The van der Waals surface area contributed by atoms with Crippen LogP contribution in [0.2, 0.25) is 10.0 Å². The van der Waals surface area contributed by atoms with Crippen LogP contribution in [0.4, 0.5) is 0 Å². The molecule has 0 saturated heterocycles. The van der Waals surface area contributed by atoms with Crippen LogP contribution in [-0.2, 0) is 9.53 Å². The molecule has 0 atom stereocenters. The molecule has 0 heterocycles. The highest BCUT2D eigenvalue weighted by Gasteiger charge is 2.05. The van der Waals surface area contributed by atoms with Crippen LogP contribution < -0.4 is 5.32 Å². The van der Waals surface area contributed by atoms with Crippen LogP contribution in [0.5, 0.6) is 0 Å². The van der Waals surface area contributed by atoms with Crippen LogP contribution in [0.3, 0.4) is 0 Å². The van der Waals surface area contributed by atoms with Crippen molar-refractivity contribution in [1.82, 2.24) is 5.32 Å². The van der Waals surface area contributed by atoms with Gasteiger partial charge < -0.3 is 10.1 Å². The molecule has 0 bridgehead atoms. The minimum absolute atomic E-state index is 0.00164. The summed E-state index contributed by atoms with van der Waals surface area (Å²) >= 11 is 11.5. The molecule has 4 nitrogen and oxygen atoms in total. The molecule has 18 heavy (non-hydrogen) atoms. The van der Waals surface area contributed by atoms with Crippen molar-refractivity contribution >= 4 is 35.0 Å². The van der Waals surface area contributed by atoms with E-state index in [1.54, 1.807) is 12.1 Å². The fourth-order valence-electron chi connectivity index (χ4n) is 1.09. The Morgan fingerprint density at radius 3 is 2.67 bits per heavy atom. The third kappa shape index (κ3) is 4.39. The second-order valence-corrected chi connectivity index (χ2v) is 4.10. The van der Waals surface area contributed by atoms with E-state index in [-0.39, 0.29) is 12.3 Å². The summed E-state index contributed by atoms with van der Waals surface area (Å²) in [6.07, 6.45) is 2.67. The van der Waals surface area contributed by atoms with Gasteiger partial charge >= 0.3 is 5.97 Å². The molecule has 0 fully saturated rings. The van der Waals surface area contributed by atoms with E-state index >= 15 is 0 Å². The van der Waals surface area contributed by atoms with Gasteiger partial charge in [-0.05, 0) is 18.2 Å². The SMILES string of the molecule is COC(=O)CN/C=C\C(=O)c1ccc(Cl)c(Cl)c1. The average molecular weight is 288 g/mol. The molecule has 96 valence electrons. The van der Waals surface area contributed by atoms with Gasteiger partial charge in [0.15, 0.2) is 5.78 Å². The van der Waals surface area contributed by atoms with Crippen LogP contribution >= 0.6 is 23.2 Å². The zero-order chi connectivity index (χ0) is 13.5. The maximum Gasteiger partial charge on any atom is 0.325 e. The lowest BCUT2D eigenvalue weighted by Gasteiger charge is -2.00. The molecule has 1 N–H and O–H groups in total. The third-order valence-corrected chi connectivity index (χ3v) is 2.77. The van der Waals surface area contributed by atoms with E-state index in [0.717, 1.165) is 0 Å². The first-order chi connectivity index (χ1) is 8.54. The summed E-state index contributed by atoms with van der Waals surface area (Å²) in [5.41, 5.74) is 0.417. The van der Waals surface area contributed by atoms with Gasteiger partial charge in [-0.1, -0.05) is 23.2 Å². The minimum Gasteiger partial charge on any atom is -0.468 e. The van der Waals surface area contributed by atoms with E-state index in [0.29, 0.717) is 15.6 Å². The van der Waals surface area contributed by atoms with E-state index in [1.165, 1.54) is 25.5 Å². The molecule has 0 unspecified atom stereocenters. The quantitative estimate of drug-likeness (QED) is 0.513.